The Morgan fingerprint density at radius 2 is 2.21 bits per heavy atom. The molecule has 0 aliphatic rings. The molecule has 0 aliphatic carbocycles. The number of nitrogens with one attached hydrogen (secondary N) is 2. The first kappa shape index (κ1) is 13.1. The van der Waals surface area contributed by atoms with E-state index in [0.717, 1.165) is 0 Å². The predicted octanol–water partition coefficient (Wildman–Crippen LogP) is 1.63. The second-order valence-corrected chi connectivity index (χ2v) is 3.97. The number of aromatic nitrogens is 2. The molecule has 19 heavy (non-hydrogen) atoms. The molecule has 0 bridgehead atoms. The maximum Gasteiger partial charge on any atom is 0.261 e. The van der Waals surface area contributed by atoms with Crippen LogP contribution in [0.3, 0.4) is 0 Å². The number of ether oxygens (including phenoxy) is 1. The van der Waals surface area contributed by atoms with Crippen molar-refractivity contribution in [1.29, 1.82) is 0 Å². The Morgan fingerprint density at radius 1 is 1.47 bits per heavy atom. The third kappa shape index (κ3) is 3.80. The Bertz CT molecular complexity index is 525. The SMILES string of the molecule is CC(Oc1ccc(F)cc1)C(=O)NCc1ncc[nH]1. The fourth-order valence-corrected chi connectivity index (χ4v) is 1.48. The molecular weight excluding hydrogens is 249 g/mol. The third-order valence-electron chi connectivity index (χ3n) is 2.48. The Balaban J connectivity index is 1.83. The van der Waals surface area contributed by atoms with Crippen LogP contribution in [0, 0.1) is 5.82 Å². The first-order valence-corrected chi connectivity index (χ1v) is 5.83. The monoisotopic (exact) mass is 263 g/mol. The zero-order valence-electron chi connectivity index (χ0n) is 10.4. The molecular formula is C13H14FN3O2. The molecule has 0 spiro atoms. The molecule has 0 aliphatic heterocycles. The Kier molecular flexibility index (Phi) is 4.12. The van der Waals surface area contributed by atoms with Crippen molar-refractivity contribution in [2.24, 2.45) is 0 Å². The van der Waals surface area contributed by atoms with Crippen LogP contribution in [0.5, 0.6) is 5.75 Å². The van der Waals surface area contributed by atoms with Crippen LogP contribution in [-0.2, 0) is 11.3 Å². The number of benzene rings is 1. The van der Waals surface area contributed by atoms with Gasteiger partial charge < -0.3 is 15.0 Å². The average molecular weight is 263 g/mol. The lowest BCUT2D eigenvalue weighted by atomic mass is 10.3. The van der Waals surface area contributed by atoms with Gasteiger partial charge in [-0.1, -0.05) is 0 Å². The minimum atomic E-state index is -0.666. The molecule has 1 aromatic carbocycles. The van der Waals surface area contributed by atoms with Crippen molar-refractivity contribution >= 4 is 5.91 Å². The number of hydrogen-bond acceptors (Lipinski definition) is 3. The normalized spacial score (nSPS) is 11.9. The van der Waals surface area contributed by atoms with Gasteiger partial charge in [-0.2, -0.15) is 0 Å². The smallest absolute Gasteiger partial charge is 0.261 e. The van der Waals surface area contributed by atoms with E-state index < -0.39 is 6.10 Å². The van der Waals surface area contributed by atoms with Crippen LogP contribution in [0.15, 0.2) is 36.7 Å². The highest BCUT2D eigenvalue weighted by Crippen LogP contribution is 2.12. The van der Waals surface area contributed by atoms with E-state index in [1.165, 1.54) is 24.3 Å². The van der Waals surface area contributed by atoms with Gasteiger partial charge in [-0.3, -0.25) is 4.79 Å². The fraction of sp³-hybridized carbons (Fsp3) is 0.231. The number of nitrogens with zero attached hydrogens (tertiary/aromatic N) is 1. The van der Waals surface area contributed by atoms with Crippen molar-refractivity contribution in [3.05, 3.63) is 48.3 Å². The van der Waals surface area contributed by atoms with Gasteiger partial charge in [0.05, 0.1) is 6.54 Å². The predicted molar refractivity (Wildman–Crippen MR) is 66.9 cm³/mol. The van der Waals surface area contributed by atoms with E-state index in [1.54, 1.807) is 19.3 Å². The summed E-state index contributed by atoms with van der Waals surface area (Å²) in [7, 11) is 0. The number of H-pyrrole nitrogens is 1. The number of hydrogen-bond donors (Lipinski definition) is 2. The van der Waals surface area contributed by atoms with Gasteiger partial charge in [0.25, 0.3) is 5.91 Å². The molecule has 2 rings (SSSR count). The van der Waals surface area contributed by atoms with Crippen LogP contribution >= 0.6 is 0 Å². The Labute approximate surface area is 109 Å². The van der Waals surface area contributed by atoms with Gasteiger partial charge in [0.15, 0.2) is 6.10 Å². The zero-order valence-corrected chi connectivity index (χ0v) is 10.4. The molecule has 0 fully saturated rings. The van der Waals surface area contributed by atoms with Crippen LogP contribution in [0.25, 0.3) is 0 Å². The fourth-order valence-electron chi connectivity index (χ4n) is 1.48. The van der Waals surface area contributed by atoms with E-state index >= 15 is 0 Å². The van der Waals surface area contributed by atoms with Gasteiger partial charge in [-0.25, -0.2) is 9.37 Å². The molecule has 1 heterocycles. The van der Waals surface area contributed by atoms with Crippen molar-refractivity contribution in [2.75, 3.05) is 0 Å². The van der Waals surface area contributed by atoms with Gasteiger partial charge in [0, 0.05) is 12.4 Å². The molecule has 2 aromatic rings. The highest BCUT2D eigenvalue weighted by Gasteiger charge is 2.14. The highest BCUT2D eigenvalue weighted by atomic mass is 19.1. The number of carbonyl (C=O) groups excluding carboxylic acids is 1. The van der Waals surface area contributed by atoms with E-state index in [2.05, 4.69) is 15.3 Å². The van der Waals surface area contributed by atoms with Crippen LogP contribution in [0.4, 0.5) is 4.39 Å². The Hall–Kier alpha value is -2.37. The second-order valence-electron chi connectivity index (χ2n) is 3.97. The van der Waals surface area contributed by atoms with Crippen molar-refractivity contribution < 1.29 is 13.9 Å². The summed E-state index contributed by atoms with van der Waals surface area (Å²) >= 11 is 0. The maximum absolute atomic E-state index is 12.7. The molecule has 1 unspecified atom stereocenters. The van der Waals surface area contributed by atoms with E-state index in [-0.39, 0.29) is 11.7 Å². The number of amides is 1. The Morgan fingerprint density at radius 3 is 2.84 bits per heavy atom. The highest BCUT2D eigenvalue weighted by molar-refractivity contribution is 5.80. The maximum atomic E-state index is 12.7. The summed E-state index contributed by atoms with van der Waals surface area (Å²) in [6.45, 7) is 1.93. The molecule has 5 nitrogen and oxygen atoms in total. The van der Waals surface area contributed by atoms with E-state index in [0.29, 0.717) is 18.1 Å². The molecule has 0 radical (unpaired) electrons. The minimum Gasteiger partial charge on any atom is -0.481 e. The molecule has 6 heteroatoms. The molecule has 100 valence electrons. The summed E-state index contributed by atoms with van der Waals surface area (Å²) in [6.07, 6.45) is 2.63. The number of rotatable bonds is 5. The van der Waals surface area contributed by atoms with E-state index in [4.69, 9.17) is 4.74 Å². The number of aromatic amines is 1. The quantitative estimate of drug-likeness (QED) is 0.861. The van der Waals surface area contributed by atoms with Gasteiger partial charge >= 0.3 is 0 Å². The molecule has 1 aromatic heterocycles. The van der Waals surface area contributed by atoms with Crippen LogP contribution < -0.4 is 10.1 Å². The molecule has 1 amide bonds. The molecule has 2 N–H and O–H groups in total. The summed E-state index contributed by atoms with van der Waals surface area (Å²) in [5, 5.41) is 2.68. The molecule has 0 saturated carbocycles. The van der Waals surface area contributed by atoms with Crippen LogP contribution in [-0.4, -0.2) is 22.0 Å². The summed E-state index contributed by atoms with van der Waals surface area (Å²) in [5.41, 5.74) is 0. The molecule has 1 atom stereocenters. The van der Waals surface area contributed by atoms with E-state index in [1.807, 2.05) is 0 Å². The van der Waals surface area contributed by atoms with Gasteiger partial charge in [-0.05, 0) is 31.2 Å². The average Bonchev–Trinajstić information content (AvgIpc) is 2.91. The number of carbonyl (C=O) groups is 1. The van der Waals surface area contributed by atoms with Crippen molar-refractivity contribution in [3.63, 3.8) is 0 Å². The summed E-state index contributed by atoms with van der Waals surface area (Å²) < 4.78 is 18.1. The topological polar surface area (TPSA) is 67.0 Å². The van der Waals surface area contributed by atoms with E-state index in [9.17, 15) is 9.18 Å². The van der Waals surface area contributed by atoms with Gasteiger partial charge in [0.1, 0.15) is 17.4 Å². The van der Waals surface area contributed by atoms with Crippen molar-refractivity contribution in [1.82, 2.24) is 15.3 Å². The van der Waals surface area contributed by atoms with Crippen molar-refractivity contribution in [2.45, 2.75) is 19.6 Å². The third-order valence-corrected chi connectivity index (χ3v) is 2.48. The first-order chi connectivity index (χ1) is 9.15. The van der Waals surface area contributed by atoms with Crippen molar-refractivity contribution in [3.8, 4) is 5.75 Å². The lowest BCUT2D eigenvalue weighted by Gasteiger charge is -2.14. The largest absolute Gasteiger partial charge is 0.481 e. The first-order valence-electron chi connectivity index (χ1n) is 5.83. The van der Waals surface area contributed by atoms with Gasteiger partial charge in [0.2, 0.25) is 0 Å². The standard InChI is InChI=1S/C13H14FN3O2/c1-9(19-11-4-2-10(14)3-5-11)13(18)17-8-12-15-6-7-16-12/h2-7,9H,8H2,1H3,(H,15,16)(H,17,18). The number of imidazole rings is 1. The lowest BCUT2D eigenvalue weighted by molar-refractivity contribution is -0.127. The van der Waals surface area contributed by atoms with Crippen LogP contribution in [0.2, 0.25) is 0 Å². The summed E-state index contributed by atoms with van der Waals surface area (Å²) in [6, 6.07) is 5.52. The van der Waals surface area contributed by atoms with Crippen LogP contribution in [0.1, 0.15) is 12.7 Å². The summed E-state index contributed by atoms with van der Waals surface area (Å²) in [5.74, 6) is 0.507. The minimum absolute atomic E-state index is 0.263. The zero-order chi connectivity index (χ0) is 13.7. The lowest BCUT2D eigenvalue weighted by Crippen LogP contribution is -2.36. The molecule has 0 saturated heterocycles. The van der Waals surface area contributed by atoms with Gasteiger partial charge in [-0.15, -0.1) is 0 Å². The number of halogens is 1. The second kappa shape index (κ2) is 5.99. The summed E-state index contributed by atoms with van der Waals surface area (Å²) in [4.78, 5) is 18.6.